The molecule has 0 saturated carbocycles. The molecule has 0 aliphatic rings. The van der Waals surface area contributed by atoms with Crippen LogP contribution in [-0.4, -0.2) is 25.4 Å². The summed E-state index contributed by atoms with van der Waals surface area (Å²) < 4.78 is 1.75. The van der Waals surface area contributed by atoms with E-state index in [4.69, 9.17) is 0 Å². The van der Waals surface area contributed by atoms with Gasteiger partial charge in [0.15, 0.2) is 5.69 Å². The Morgan fingerprint density at radius 3 is 2.70 bits per heavy atom. The number of carbonyl (C=O) groups is 1. The molecular formula is C15H13N3O2. The Balaban J connectivity index is 2.22. The van der Waals surface area contributed by atoms with E-state index in [9.17, 15) is 9.90 Å². The number of aromatic nitrogens is 3. The number of aromatic carboxylic acids is 1. The summed E-state index contributed by atoms with van der Waals surface area (Å²) >= 11 is 0. The molecule has 2 aromatic heterocycles. The van der Waals surface area contributed by atoms with Crippen molar-refractivity contribution in [1.82, 2.24) is 14.4 Å². The minimum Gasteiger partial charge on any atom is -0.476 e. The minimum absolute atomic E-state index is 0.0210. The van der Waals surface area contributed by atoms with Gasteiger partial charge < -0.3 is 5.11 Å². The zero-order valence-electron chi connectivity index (χ0n) is 10.9. The standard InChI is InChI=1S/C15H13N3O2/c1-2-10-3-5-11(6-4-10)14-17-13(15(19)20)12-9-16-7-8-18(12)14/h3-9H,2H2,1H3,(H,19,20). The molecule has 0 unspecified atom stereocenters. The Morgan fingerprint density at radius 2 is 2.05 bits per heavy atom. The van der Waals surface area contributed by atoms with E-state index >= 15 is 0 Å². The van der Waals surface area contributed by atoms with Crippen molar-refractivity contribution in [3.8, 4) is 11.4 Å². The maximum absolute atomic E-state index is 11.3. The van der Waals surface area contributed by atoms with Gasteiger partial charge in [-0.15, -0.1) is 0 Å². The lowest BCUT2D eigenvalue weighted by Crippen LogP contribution is -1.97. The molecule has 0 radical (unpaired) electrons. The second-order valence-electron chi connectivity index (χ2n) is 4.47. The van der Waals surface area contributed by atoms with Crippen molar-refractivity contribution in [2.24, 2.45) is 0 Å². The third-order valence-corrected chi connectivity index (χ3v) is 3.27. The maximum Gasteiger partial charge on any atom is 0.356 e. The average molecular weight is 267 g/mol. The van der Waals surface area contributed by atoms with E-state index in [-0.39, 0.29) is 5.69 Å². The number of imidazole rings is 1. The molecule has 1 N–H and O–H groups in total. The van der Waals surface area contributed by atoms with Gasteiger partial charge in [-0.25, -0.2) is 9.78 Å². The molecule has 0 bridgehead atoms. The second-order valence-corrected chi connectivity index (χ2v) is 4.47. The van der Waals surface area contributed by atoms with E-state index in [0.717, 1.165) is 12.0 Å². The molecule has 5 nitrogen and oxygen atoms in total. The summed E-state index contributed by atoms with van der Waals surface area (Å²) in [6, 6.07) is 7.97. The Kier molecular flexibility index (Phi) is 2.95. The minimum atomic E-state index is -1.05. The van der Waals surface area contributed by atoms with E-state index in [0.29, 0.717) is 11.3 Å². The SMILES string of the molecule is CCc1ccc(-c2nc(C(=O)O)c3cnccn23)cc1. The second kappa shape index (κ2) is 4.77. The van der Waals surface area contributed by atoms with E-state index in [1.807, 2.05) is 24.3 Å². The topological polar surface area (TPSA) is 67.5 Å². The summed E-state index contributed by atoms with van der Waals surface area (Å²) in [4.78, 5) is 19.5. The molecule has 3 aromatic rings. The maximum atomic E-state index is 11.3. The van der Waals surface area contributed by atoms with Crippen LogP contribution in [-0.2, 0) is 6.42 Å². The van der Waals surface area contributed by atoms with Crippen molar-refractivity contribution in [2.45, 2.75) is 13.3 Å². The highest BCUT2D eigenvalue weighted by atomic mass is 16.4. The molecule has 3 rings (SSSR count). The Bertz CT molecular complexity index is 775. The van der Waals surface area contributed by atoms with Crippen LogP contribution in [0.2, 0.25) is 0 Å². The summed E-state index contributed by atoms with van der Waals surface area (Å²) in [5.74, 6) is -0.436. The van der Waals surface area contributed by atoms with Crippen molar-refractivity contribution in [2.75, 3.05) is 0 Å². The van der Waals surface area contributed by atoms with Gasteiger partial charge in [0, 0.05) is 18.0 Å². The van der Waals surface area contributed by atoms with Crippen molar-refractivity contribution in [3.05, 3.63) is 54.1 Å². The molecule has 2 heterocycles. The summed E-state index contributed by atoms with van der Waals surface area (Å²) in [5.41, 5.74) is 2.63. The van der Waals surface area contributed by atoms with Crippen LogP contribution >= 0.6 is 0 Å². The molecule has 1 aromatic carbocycles. The predicted octanol–water partition coefficient (Wildman–Crippen LogP) is 2.66. The predicted molar refractivity (Wildman–Crippen MR) is 74.8 cm³/mol. The number of rotatable bonds is 3. The molecule has 5 heteroatoms. The van der Waals surface area contributed by atoms with Crippen LogP contribution in [0.25, 0.3) is 16.9 Å². The van der Waals surface area contributed by atoms with E-state index in [2.05, 4.69) is 16.9 Å². The molecule has 0 amide bonds. The lowest BCUT2D eigenvalue weighted by atomic mass is 10.1. The fraction of sp³-hybridized carbons (Fsp3) is 0.133. The molecule has 0 aliphatic carbocycles. The first kappa shape index (κ1) is 12.3. The van der Waals surface area contributed by atoms with E-state index < -0.39 is 5.97 Å². The van der Waals surface area contributed by atoms with Crippen LogP contribution < -0.4 is 0 Å². The van der Waals surface area contributed by atoms with Crippen LogP contribution in [0, 0.1) is 0 Å². The number of hydrogen-bond donors (Lipinski definition) is 1. The molecule has 0 aliphatic heterocycles. The molecule has 0 saturated heterocycles. The van der Waals surface area contributed by atoms with Gasteiger partial charge in [0.25, 0.3) is 0 Å². The average Bonchev–Trinajstić information content (AvgIpc) is 2.87. The van der Waals surface area contributed by atoms with Gasteiger partial charge in [-0.05, 0) is 12.0 Å². The van der Waals surface area contributed by atoms with Crippen LogP contribution in [0.1, 0.15) is 23.0 Å². The van der Waals surface area contributed by atoms with Crippen molar-refractivity contribution < 1.29 is 9.90 Å². The number of carboxylic acids is 1. The normalized spacial score (nSPS) is 10.8. The van der Waals surface area contributed by atoms with Crippen molar-refractivity contribution in [3.63, 3.8) is 0 Å². The third kappa shape index (κ3) is 1.93. The Labute approximate surface area is 115 Å². The number of nitrogens with zero attached hydrogens (tertiary/aromatic N) is 3. The van der Waals surface area contributed by atoms with Crippen LogP contribution in [0.5, 0.6) is 0 Å². The largest absolute Gasteiger partial charge is 0.476 e. The first-order valence-electron chi connectivity index (χ1n) is 6.35. The van der Waals surface area contributed by atoms with Gasteiger partial charge in [0.05, 0.1) is 11.7 Å². The summed E-state index contributed by atoms with van der Waals surface area (Å²) in [5, 5.41) is 9.22. The number of benzene rings is 1. The highest BCUT2D eigenvalue weighted by Gasteiger charge is 2.17. The van der Waals surface area contributed by atoms with E-state index in [1.165, 1.54) is 11.8 Å². The highest BCUT2D eigenvalue weighted by molar-refractivity contribution is 5.94. The third-order valence-electron chi connectivity index (χ3n) is 3.27. The Morgan fingerprint density at radius 1 is 1.30 bits per heavy atom. The number of hydrogen-bond acceptors (Lipinski definition) is 3. The fourth-order valence-electron chi connectivity index (χ4n) is 2.19. The van der Waals surface area contributed by atoms with Gasteiger partial charge in [-0.3, -0.25) is 9.38 Å². The fourth-order valence-corrected chi connectivity index (χ4v) is 2.19. The monoisotopic (exact) mass is 267 g/mol. The van der Waals surface area contributed by atoms with Gasteiger partial charge in [-0.2, -0.15) is 0 Å². The quantitative estimate of drug-likeness (QED) is 0.792. The summed E-state index contributed by atoms with van der Waals surface area (Å²) in [6.45, 7) is 2.09. The first-order valence-corrected chi connectivity index (χ1v) is 6.35. The molecular weight excluding hydrogens is 254 g/mol. The molecule has 20 heavy (non-hydrogen) atoms. The number of carboxylic acid groups (broad SMARTS) is 1. The Hall–Kier alpha value is -2.69. The van der Waals surface area contributed by atoms with Crippen molar-refractivity contribution in [1.29, 1.82) is 0 Å². The molecule has 0 fully saturated rings. The summed E-state index contributed by atoms with van der Waals surface area (Å²) in [6.07, 6.45) is 5.81. The summed E-state index contributed by atoms with van der Waals surface area (Å²) in [7, 11) is 0. The molecule has 100 valence electrons. The van der Waals surface area contributed by atoms with Gasteiger partial charge in [-0.1, -0.05) is 31.2 Å². The zero-order valence-corrected chi connectivity index (χ0v) is 10.9. The van der Waals surface area contributed by atoms with Crippen LogP contribution in [0.4, 0.5) is 0 Å². The van der Waals surface area contributed by atoms with E-state index in [1.54, 1.807) is 16.8 Å². The number of aryl methyl sites for hydroxylation is 1. The molecule has 0 atom stereocenters. The van der Waals surface area contributed by atoms with Gasteiger partial charge in [0.1, 0.15) is 5.82 Å². The van der Waals surface area contributed by atoms with Gasteiger partial charge >= 0.3 is 5.97 Å². The van der Waals surface area contributed by atoms with Crippen molar-refractivity contribution >= 4 is 11.5 Å². The lowest BCUT2D eigenvalue weighted by molar-refractivity contribution is 0.0693. The molecule has 0 spiro atoms. The lowest BCUT2D eigenvalue weighted by Gasteiger charge is -2.02. The van der Waals surface area contributed by atoms with Crippen LogP contribution in [0.3, 0.4) is 0 Å². The van der Waals surface area contributed by atoms with Crippen LogP contribution in [0.15, 0.2) is 42.9 Å². The highest BCUT2D eigenvalue weighted by Crippen LogP contribution is 2.22. The smallest absolute Gasteiger partial charge is 0.356 e. The number of fused-ring (bicyclic) bond motifs is 1. The zero-order chi connectivity index (χ0) is 14.1. The first-order chi connectivity index (χ1) is 9.70. The van der Waals surface area contributed by atoms with Gasteiger partial charge in [0.2, 0.25) is 0 Å².